The summed E-state index contributed by atoms with van der Waals surface area (Å²) in [6.45, 7) is 2.36. The smallest absolute Gasteiger partial charge is 0.247 e. The van der Waals surface area contributed by atoms with E-state index >= 15 is 0 Å². The Hall–Kier alpha value is -2.82. The fourth-order valence-electron chi connectivity index (χ4n) is 3.34. The fraction of sp³-hybridized carbons (Fsp3) is 0.200. The zero-order chi connectivity index (χ0) is 22.2. The Labute approximate surface area is 192 Å². The molecule has 4 nitrogen and oxygen atoms in total. The topological polar surface area (TPSA) is 49.4 Å². The molecule has 0 saturated heterocycles. The van der Waals surface area contributed by atoms with Crippen molar-refractivity contribution in [3.63, 3.8) is 0 Å². The Morgan fingerprint density at radius 1 is 0.903 bits per heavy atom. The van der Waals surface area contributed by atoms with Gasteiger partial charge in [-0.3, -0.25) is 9.59 Å². The number of hydrogen-bond acceptors (Lipinski definition) is 2. The molecule has 3 aromatic carbocycles. The van der Waals surface area contributed by atoms with Gasteiger partial charge in [0.2, 0.25) is 11.8 Å². The van der Waals surface area contributed by atoms with Gasteiger partial charge < -0.3 is 10.2 Å². The molecule has 3 rings (SSSR count). The van der Waals surface area contributed by atoms with Crippen molar-refractivity contribution < 1.29 is 9.59 Å². The van der Waals surface area contributed by atoms with Crippen LogP contribution in [0, 0.1) is 0 Å². The first kappa shape index (κ1) is 22.9. The largest absolute Gasteiger partial charge is 0.350 e. The second kappa shape index (κ2) is 11.0. The van der Waals surface area contributed by atoms with Gasteiger partial charge in [0, 0.05) is 29.6 Å². The first-order chi connectivity index (χ1) is 15.0. The van der Waals surface area contributed by atoms with Gasteiger partial charge >= 0.3 is 0 Å². The number of carbonyl (C=O) groups is 2. The quantitative estimate of drug-likeness (QED) is 0.468. The number of carbonyl (C=O) groups excluding carboxylic acids is 2. The Morgan fingerprint density at radius 3 is 2.19 bits per heavy atom. The number of halogens is 2. The number of benzene rings is 3. The van der Waals surface area contributed by atoms with Crippen LogP contribution >= 0.6 is 23.2 Å². The van der Waals surface area contributed by atoms with E-state index in [1.807, 2.05) is 60.7 Å². The second-order valence-electron chi connectivity index (χ2n) is 7.12. The lowest BCUT2D eigenvalue weighted by molar-refractivity contribution is -0.141. The van der Waals surface area contributed by atoms with E-state index in [0.29, 0.717) is 16.6 Å². The van der Waals surface area contributed by atoms with Crippen molar-refractivity contribution in [2.24, 2.45) is 0 Å². The first-order valence-electron chi connectivity index (χ1n) is 10.1. The average Bonchev–Trinajstić information content (AvgIpc) is 2.79. The van der Waals surface area contributed by atoms with E-state index in [0.717, 1.165) is 16.7 Å². The van der Waals surface area contributed by atoms with Crippen molar-refractivity contribution in [3.8, 4) is 0 Å². The summed E-state index contributed by atoms with van der Waals surface area (Å²) in [7, 11) is 0. The van der Waals surface area contributed by atoms with Crippen LogP contribution in [0.15, 0.2) is 78.9 Å². The van der Waals surface area contributed by atoms with Crippen molar-refractivity contribution >= 4 is 35.0 Å². The molecule has 0 aliphatic carbocycles. The van der Waals surface area contributed by atoms with Crippen LogP contribution in [0.1, 0.15) is 36.1 Å². The van der Waals surface area contributed by atoms with Gasteiger partial charge in [-0.05, 0) is 34.9 Å². The highest BCUT2D eigenvalue weighted by Crippen LogP contribution is 2.25. The summed E-state index contributed by atoms with van der Waals surface area (Å²) in [6, 6.07) is 23.2. The zero-order valence-electron chi connectivity index (χ0n) is 17.2. The highest BCUT2D eigenvalue weighted by atomic mass is 35.5. The summed E-state index contributed by atoms with van der Waals surface area (Å²) < 4.78 is 0. The molecule has 0 spiro atoms. The van der Waals surface area contributed by atoms with E-state index < -0.39 is 6.04 Å². The maximum absolute atomic E-state index is 13.4. The molecular formula is C25H24Cl2N2O2. The van der Waals surface area contributed by atoms with Crippen LogP contribution in [0.3, 0.4) is 0 Å². The molecule has 3 aromatic rings. The van der Waals surface area contributed by atoms with Crippen LogP contribution in [0.25, 0.3) is 0 Å². The van der Waals surface area contributed by atoms with Crippen LogP contribution < -0.4 is 5.32 Å². The molecule has 1 N–H and O–H groups in total. The summed E-state index contributed by atoms with van der Waals surface area (Å²) in [4.78, 5) is 27.9. The van der Waals surface area contributed by atoms with E-state index in [4.69, 9.17) is 23.2 Å². The van der Waals surface area contributed by atoms with Crippen molar-refractivity contribution in [1.29, 1.82) is 0 Å². The van der Waals surface area contributed by atoms with E-state index in [-0.39, 0.29) is 24.8 Å². The Bertz CT molecular complexity index is 1020. The van der Waals surface area contributed by atoms with Crippen LogP contribution in [0.5, 0.6) is 0 Å². The van der Waals surface area contributed by atoms with Crippen LogP contribution in [-0.4, -0.2) is 16.7 Å². The highest BCUT2D eigenvalue weighted by Gasteiger charge is 2.30. The molecule has 2 amide bonds. The molecule has 0 aliphatic rings. The van der Waals surface area contributed by atoms with Crippen LogP contribution in [0.2, 0.25) is 10.0 Å². The molecule has 1 atom stereocenters. The Morgan fingerprint density at radius 2 is 1.55 bits per heavy atom. The third kappa shape index (κ3) is 6.09. The SMILES string of the molecule is CCC(=O)N(Cc1ccc(Cl)cc1)[C@H](C(=O)NCc1ccccc1Cl)c1ccccc1. The highest BCUT2D eigenvalue weighted by molar-refractivity contribution is 6.31. The van der Waals surface area contributed by atoms with Gasteiger partial charge in [0.15, 0.2) is 0 Å². The van der Waals surface area contributed by atoms with Gasteiger partial charge in [-0.1, -0.05) is 90.8 Å². The van der Waals surface area contributed by atoms with Crippen molar-refractivity contribution in [1.82, 2.24) is 10.2 Å². The Kier molecular flexibility index (Phi) is 8.10. The molecule has 0 heterocycles. The number of amides is 2. The molecule has 6 heteroatoms. The third-order valence-electron chi connectivity index (χ3n) is 4.98. The minimum atomic E-state index is -0.771. The molecule has 0 saturated carbocycles. The predicted octanol–water partition coefficient (Wildman–Crippen LogP) is 5.79. The minimum absolute atomic E-state index is 0.114. The number of nitrogens with zero attached hydrogens (tertiary/aromatic N) is 1. The lowest BCUT2D eigenvalue weighted by atomic mass is 10.0. The molecule has 0 aliphatic heterocycles. The van der Waals surface area contributed by atoms with E-state index in [2.05, 4.69) is 5.32 Å². The first-order valence-corrected chi connectivity index (χ1v) is 10.8. The molecule has 0 unspecified atom stereocenters. The van der Waals surface area contributed by atoms with Gasteiger partial charge in [-0.15, -0.1) is 0 Å². The lowest BCUT2D eigenvalue weighted by Crippen LogP contribution is -2.43. The number of hydrogen-bond donors (Lipinski definition) is 1. The second-order valence-corrected chi connectivity index (χ2v) is 7.97. The summed E-state index contributed by atoms with van der Waals surface area (Å²) >= 11 is 12.2. The van der Waals surface area contributed by atoms with Gasteiger partial charge in [0.25, 0.3) is 0 Å². The fourth-order valence-corrected chi connectivity index (χ4v) is 3.67. The number of nitrogens with one attached hydrogen (secondary N) is 1. The van der Waals surface area contributed by atoms with E-state index in [1.54, 1.807) is 30.0 Å². The maximum Gasteiger partial charge on any atom is 0.247 e. The Balaban J connectivity index is 1.91. The monoisotopic (exact) mass is 454 g/mol. The van der Waals surface area contributed by atoms with Gasteiger partial charge in [0.05, 0.1) is 0 Å². The molecule has 0 fully saturated rings. The number of rotatable bonds is 8. The molecule has 160 valence electrons. The lowest BCUT2D eigenvalue weighted by Gasteiger charge is -2.31. The third-order valence-corrected chi connectivity index (χ3v) is 5.60. The summed E-state index contributed by atoms with van der Waals surface area (Å²) in [5, 5.41) is 4.16. The zero-order valence-corrected chi connectivity index (χ0v) is 18.7. The van der Waals surface area contributed by atoms with Gasteiger partial charge in [0.1, 0.15) is 6.04 Å². The summed E-state index contributed by atoms with van der Waals surface area (Å²) in [5.74, 6) is -0.376. The van der Waals surface area contributed by atoms with Crippen molar-refractivity contribution in [2.45, 2.75) is 32.5 Å². The van der Waals surface area contributed by atoms with Gasteiger partial charge in [-0.2, -0.15) is 0 Å². The van der Waals surface area contributed by atoms with Crippen LogP contribution in [0.4, 0.5) is 0 Å². The molecule has 0 bridgehead atoms. The summed E-state index contributed by atoms with van der Waals surface area (Å²) in [5.41, 5.74) is 2.45. The van der Waals surface area contributed by atoms with Gasteiger partial charge in [-0.25, -0.2) is 0 Å². The minimum Gasteiger partial charge on any atom is -0.350 e. The standard InChI is InChI=1S/C25H24Cl2N2O2/c1-2-23(30)29(17-18-12-14-21(26)15-13-18)24(19-8-4-3-5-9-19)25(31)28-16-20-10-6-7-11-22(20)27/h3-15,24H,2,16-17H2,1H3,(H,28,31)/t24-/m0/s1. The van der Waals surface area contributed by atoms with Crippen molar-refractivity contribution in [2.75, 3.05) is 0 Å². The molecular weight excluding hydrogens is 431 g/mol. The average molecular weight is 455 g/mol. The summed E-state index contributed by atoms with van der Waals surface area (Å²) in [6.07, 6.45) is 0.286. The predicted molar refractivity (Wildman–Crippen MR) is 125 cm³/mol. The van der Waals surface area contributed by atoms with E-state index in [9.17, 15) is 9.59 Å². The van der Waals surface area contributed by atoms with Crippen molar-refractivity contribution in [3.05, 3.63) is 106 Å². The molecule has 31 heavy (non-hydrogen) atoms. The maximum atomic E-state index is 13.4. The van der Waals surface area contributed by atoms with E-state index in [1.165, 1.54) is 0 Å². The molecule has 0 aromatic heterocycles. The normalized spacial score (nSPS) is 11.6. The van der Waals surface area contributed by atoms with Crippen LogP contribution in [-0.2, 0) is 22.7 Å². The molecule has 0 radical (unpaired) electrons.